The molecule has 1 N–H and O–H groups in total. The fourth-order valence-corrected chi connectivity index (χ4v) is 7.88. The van der Waals surface area contributed by atoms with E-state index in [0.29, 0.717) is 23.9 Å². The molecular formula is C52H99NO8P+. The van der Waals surface area contributed by atoms with E-state index in [1.54, 1.807) is 0 Å². The number of carbonyl (C=O) groups is 2. The largest absolute Gasteiger partial charge is 0.472 e. The number of hydrogen-bond donors (Lipinski definition) is 1. The average Bonchev–Trinajstić information content (AvgIpc) is 3.23. The molecule has 62 heavy (non-hydrogen) atoms. The molecule has 0 saturated carbocycles. The van der Waals surface area contributed by atoms with Crippen LogP contribution in [0, 0.1) is 0 Å². The summed E-state index contributed by atoms with van der Waals surface area (Å²) in [6.07, 6.45) is 51.9. The SMILES string of the molecule is CCCCC/C=C/C/C=C/C/C=C/CCCCCCC(=O)OC[C@H](COP(=O)(O)OCC[N+](C)(C)C)OC(=O)CCCCCCCCCCCCCCCCCCCCCCC. The first-order valence-corrected chi connectivity index (χ1v) is 27.2. The Bertz CT molecular complexity index is 1150. The van der Waals surface area contributed by atoms with Gasteiger partial charge in [0.1, 0.15) is 19.8 Å². The van der Waals surface area contributed by atoms with Crippen LogP contribution in [0.4, 0.5) is 0 Å². The van der Waals surface area contributed by atoms with Crippen LogP contribution in [-0.2, 0) is 32.7 Å². The first-order valence-electron chi connectivity index (χ1n) is 25.7. The molecule has 2 atom stereocenters. The molecule has 0 aromatic heterocycles. The van der Waals surface area contributed by atoms with Gasteiger partial charge in [-0.15, -0.1) is 0 Å². The summed E-state index contributed by atoms with van der Waals surface area (Å²) < 4.78 is 34.4. The van der Waals surface area contributed by atoms with Gasteiger partial charge in [0.25, 0.3) is 0 Å². The Morgan fingerprint density at radius 2 is 0.871 bits per heavy atom. The van der Waals surface area contributed by atoms with Crippen molar-refractivity contribution in [3.05, 3.63) is 36.5 Å². The summed E-state index contributed by atoms with van der Waals surface area (Å²) >= 11 is 0. The van der Waals surface area contributed by atoms with Gasteiger partial charge < -0.3 is 18.9 Å². The maximum atomic E-state index is 12.8. The molecule has 0 aromatic rings. The molecule has 10 heteroatoms. The molecule has 0 rings (SSSR count). The monoisotopic (exact) mass is 897 g/mol. The van der Waals surface area contributed by atoms with E-state index in [-0.39, 0.29) is 32.0 Å². The fraction of sp³-hybridized carbons (Fsp3) is 0.846. The van der Waals surface area contributed by atoms with Gasteiger partial charge in [-0.1, -0.05) is 204 Å². The highest BCUT2D eigenvalue weighted by molar-refractivity contribution is 7.47. The number of allylic oxidation sites excluding steroid dienone is 6. The van der Waals surface area contributed by atoms with Crippen molar-refractivity contribution in [3.63, 3.8) is 0 Å². The van der Waals surface area contributed by atoms with Crippen molar-refractivity contribution in [2.75, 3.05) is 47.5 Å². The van der Waals surface area contributed by atoms with Crippen LogP contribution in [0.1, 0.15) is 232 Å². The third-order valence-corrected chi connectivity index (χ3v) is 12.2. The summed E-state index contributed by atoms with van der Waals surface area (Å²) in [7, 11) is 1.47. The Labute approximate surface area is 382 Å². The number of quaternary nitrogens is 1. The van der Waals surface area contributed by atoms with Crippen molar-refractivity contribution in [3.8, 4) is 0 Å². The second kappa shape index (κ2) is 44.4. The standard InChI is InChI=1S/C52H98NO8P/c1-6-8-10-12-14-16-18-20-22-24-25-26-27-29-31-33-35-37-39-41-43-45-52(55)61-50(49-60-62(56,57)59-47-46-53(3,4)5)48-58-51(54)44-42-40-38-36-34-32-30-28-23-21-19-17-15-13-11-9-7-2/h15,17,21,23,30,32,50H,6-14,16,18-20,22,24-29,31,33-49H2,1-5H3/p+1/b17-15+,23-21+,32-30+/t50-/m1/s1. The lowest BCUT2D eigenvalue weighted by Gasteiger charge is -2.24. The van der Waals surface area contributed by atoms with E-state index in [2.05, 4.69) is 50.3 Å². The first kappa shape index (κ1) is 60.2. The van der Waals surface area contributed by atoms with Gasteiger partial charge in [0.15, 0.2) is 6.10 Å². The summed E-state index contributed by atoms with van der Waals surface area (Å²) in [5.41, 5.74) is 0. The predicted molar refractivity (Wildman–Crippen MR) is 261 cm³/mol. The molecule has 0 spiro atoms. The molecule has 0 bridgehead atoms. The third-order valence-electron chi connectivity index (χ3n) is 11.2. The van der Waals surface area contributed by atoms with Crippen LogP contribution in [0.15, 0.2) is 36.5 Å². The highest BCUT2D eigenvalue weighted by Crippen LogP contribution is 2.43. The van der Waals surface area contributed by atoms with Crippen LogP contribution in [-0.4, -0.2) is 74.9 Å². The summed E-state index contributed by atoms with van der Waals surface area (Å²) in [5.74, 6) is -0.814. The number of unbranched alkanes of at least 4 members (excludes halogenated alkanes) is 27. The van der Waals surface area contributed by atoms with Gasteiger partial charge in [-0.05, 0) is 51.4 Å². The number of ether oxygens (including phenoxy) is 2. The zero-order chi connectivity index (χ0) is 45.7. The average molecular weight is 897 g/mol. The highest BCUT2D eigenvalue weighted by Gasteiger charge is 2.27. The van der Waals surface area contributed by atoms with Crippen molar-refractivity contribution >= 4 is 19.8 Å². The van der Waals surface area contributed by atoms with Gasteiger partial charge in [0, 0.05) is 12.8 Å². The van der Waals surface area contributed by atoms with Crippen LogP contribution >= 0.6 is 7.82 Å². The molecule has 0 aliphatic heterocycles. The smallest absolute Gasteiger partial charge is 0.462 e. The third kappa shape index (κ3) is 47.7. The second-order valence-corrected chi connectivity index (χ2v) is 20.0. The summed E-state index contributed by atoms with van der Waals surface area (Å²) in [6, 6.07) is 0. The summed E-state index contributed by atoms with van der Waals surface area (Å²) in [6.45, 7) is 4.40. The lowest BCUT2D eigenvalue weighted by molar-refractivity contribution is -0.870. The number of likely N-dealkylation sites (N-methyl/N-ethyl adjacent to an activating group) is 1. The van der Waals surface area contributed by atoms with Gasteiger partial charge in [-0.3, -0.25) is 18.6 Å². The Morgan fingerprint density at radius 3 is 1.32 bits per heavy atom. The molecule has 9 nitrogen and oxygen atoms in total. The zero-order valence-electron chi connectivity index (χ0n) is 41.1. The van der Waals surface area contributed by atoms with Crippen molar-refractivity contribution in [2.24, 2.45) is 0 Å². The van der Waals surface area contributed by atoms with E-state index >= 15 is 0 Å². The van der Waals surface area contributed by atoms with E-state index in [9.17, 15) is 19.0 Å². The van der Waals surface area contributed by atoms with E-state index in [1.807, 2.05) is 21.1 Å². The van der Waals surface area contributed by atoms with E-state index in [0.717, 1.165) is 51.4 Å². The molecule has 0 aliphatic carbocycles. The van der Waals surface area contributed by atoms with Crippen molar-refractivity contribution in [1.29, 1.82) is 0 Å². The van der Waals surface area contributed by atoms with Crippen molar-refractivity contribution in [2.45, 2.75) is 238 Å². The van der Waals surface area contributed by atoms with Crippen LogP contribution in [0.5, 0.6) is 0 Å². The minimum atomic E-state index is -4.38. The van der Waals surface area contributed by atoms with Crippen LogP contribution in [0.3, 0.4) is 0 Å². The molecule has 0 radical (unpaired) electrons. The molecule has 364 valence electrons. The van der Waals surface area contributed by atoms with Crippen LogP contribution in [0.25, 0.3) is 0 Å². The zero-order valence-corrected chi connectivity index (χ0v) is 42.0. The fourth-order valence-electron chi connectivity index (χ4n) is 7.14. The number of esters is 2. The van der Waals surface area contributed by atoms with E-state index in [4.69, 9.17) is 18.5 Å². The molecule has 0 aromatic carbocycles. The Morgan fingerprint density at radius 1 is 0.500 bits per heavy atom. The van der Waals surface area contributed by atoms with Gasteiger partial charge in [0.2, 0.25) is 0 Å². The molecule has 0 aliphatic rings. The maximum absolute atomic E-state index is 12.8. The quantitative estimate of drug-likeness (QED) is 0.0212. The molecule has 1 unspecified atom stereocenters. The minimum absolute atomic E-state index is 0.0290. The predicted octanol–water partition coefficient (Wildman–Crippen LogP) is 15.3. The molecule has 0 amide bonds. The molecular weight excluding hydrogens is 798 g/mol. The van der Waals surface area contributed by atoms with Gasteiger partial charge in [-0.2, -0.15) is 0 Å². The Kier molecular flexibility index (Phi) is 43.2. The number of hydrogen-bond acceptors (Lipinski definition) is 7. The second-order valence-electron chi connectivity index (χ2n) is 18.6. The van der Waals surface area contributed by atoms with Gasteiger partial charge in [0.05, 0.1) is 27.7 Å². The van der Waals surface area contributed by atoms with Crippen LogP contribution < -0.4 is 0 Å². The van der Waals surface area contributed by atoms with Gasteiger partial charge in [-0.25, -0.2) is 4.57 Å². The number of nitrogens with zero attached hydrogens (tertiary/aromatic N) is 1. The summed E-state index contributed by atoms with van der Waals surface area (Å²) in [4.78, 5) is 35.5. The highest BCUT2D eigenvalue weighted by atomic mass is 31.2. The number of phosphoric ester groups is 1. The number of carbonyl (C=O) groups excluding carboxylic acids is 2. The number of phosphoric acid groups is 1. The Hall–Kier alpha value is -1.77. The maximum Gasteiger partial charge on any atom is 0.472 e. The van der Waals surface area contributed by atoms with E-state index in [1.165, 1.54) is 141 Å². The normalized spacial score (nSPS) is 13.7. The molecule has 0 fully saturated rings. The van der Waals surface area contributed by atoms with Crippen molar-refractivity contribution in [1.82, 2.24) is 0 Å². The minimum Gasteiger partial charge on any atom is -0.462 e. The van der Waals surface area contributed by atoms with Crippen LogP contribution in [0.2, 0.25) is 0 Å². The lowest BCUT2D eigenvalue weighted by Crippen LogP contribution is -2.37. The summed E-state index contributed by atoms with van der Waals surface area (Å²) in [5, 5.41) is 0. The topological polar surface area (TPSA) is 108 Å². The molecule has 0 heterocycles. The number of rotatable bonds is 47. The van der Waals surface area contributed by atoms with Gasteiger partial charge >= 0.3 is 19.8 Å². The Balaban J connectivity index is 4.26. The van der Waals surface area contributed by atoms with E-state index < -0.39 is 26.5 Å². The lowest BCUT2D eigenvalue weighted by atomic mass is 10.0. The van der Waals surface area contributed by atoms with Crippen molar-refractivity contribution < 1.29 is 42.1 Å². The first-order chi connectivity index (χ1) is 30.0. The molecule has 0 saturated heterocycles.